The van der Waals surface area contributed by atoms with Crippen molar-refractivity contribution in [2.45, 2.75) is 85.8 Å². The van der Waals surface area contributed by atoms with Crippen molar-refractivity contribution < 1.29 is 70.6 Å². The fraction of sp³-hybridized carbons (Fsp3) is 0.692. The van der Waals surface area contributed by atoms with Crippen LogP contribution in [0.15, 0.2) is 42.0 Å². The summed E-state index contributed by atoms with van der Waals surface area (Å²) in [6.07, 6.45) is -15.7. The Balaban J connectivity index is 0.000000480. The molecule has 244 valence electrons. The minimum Gasteiger partial charge on any atom is -0.396 e. The second-order valence-corrected chi connectivity index (χ2v) is 10.7. The van der Waals surface area contributed by atoms with Gasteiger partial charge in [-0.2, -0.15) is 0 Å². The van der Waals surface area contributed by atoms with Gasteiger partial charge in [0.1, 0.15) is 48.8 Å². The number of rotatable bonds is 8. The molecule has 1 aromatic carbocycles. The highest BCUT2D eigenvalue weighted by Gasteiger charge is 2.50. The highest BCUT2D eigenvalue weighted by atomic mass is 16.7. The Morgan fingerprint density at radius 1 is 0.837 bits per heavy atom. The monoisotopic (exact) mass is 620 g/mol. The van der Waals surface area contributed by atoms with E-state index in [1.54, 1.807) is 18.2 Å². The Morgan fingerprint density at radius 2 is 1.49 bits per heavy atom. The maximum absolute atomic E-state index is 10.7. The van der Waals surface area contributed by atoms with Crippen LogP contribution in [-0.4, -0.2) is 160 Å². The molecule has 1 aliphatic heterocycles. The Hall–Kier alpha value is -2.20. The van der Waals surface area contributed by atoms with Gasteiger partial charge in [-0.3, -0.25) is 10.1 Å². The normalized spacial score (nSPS) is 41.5. The van der Waals surface area contributed by atoms with Gasteiger partial charge in [-0.1, -0.05) is 24.3 Å². The van der Waals surface area contributed by atoms with Gasteiger partial charge in [-0.15, -0.1) is 0 Å². The third-order valence-electron chi connectivity index (χ3n) is 7.87. The molecule has 2 fully saturated rings. The first-order chi connectivity index (χ1) is 20.4. The predicted octanol–water partition coefficient (Wildman–Crippen LogP) is -5.16. The number of hydrogen-bond acceptors (Lipinski definition) is 16. The van der Waals surface area contributed by atoms with Gasteiger partial charge in [0.2, 0.25) is 0 Å². The third kappa shape index (κ3) is 8.10. The van der Waals surface area contributed by atoms with E-state index in [-0.39, 0.29) is 17.7 Å². The van der Waals surface area contributed by atoms with E-state index in [1.165, 1.54) is 18.2 Å². The lowest BCUT2D eigenvalue weighted by Crippen LogP contribution is -2.66. The molecule has 17 heteroatoms. The van der Waals surface area contributed by atoms with Gasteiger partial charge in [0.05, 0.1) is 36.4 Å². The Bertz CT molecular complexity index is 1050. The first kappa shape index (κ1) is 35.3. The van der Waals surface area contributed by atoms with Crippen LogP contribution < -0.4 is 5.32 Å². The molecule has 4 rings (SSSR count). The molecule has 12 N–H and O–H groups in total. The fourth-order valence-corrected chi connectivity index (χ4v) is 5.32. The molecule has 2 aliphatic carbocycles. The van der Waals surface area contributed by atoms with Crippen LogP contribution in [0.25, 0.3) is 0 Å². The van der Waals surface area contributed by atoms with Crippen molar-refractivity contribution in [1.29, 1.82) is 0 Å². The maximum atomic E-state index is 10.7. The van der Waals surface area contributed by atoms with Crippen LogP contribution in [0.2, 0.25) is 0 Å². The zero-order valence-corrected chi connectivity index (χ0v) is 22.9. The maximum Gasteiger partial charge on any atom is 0.269 e. The molecule has 3 aliphatic rings. The smallest absolute Gasteiger partial charge is 0.269 e. The van der Waals surface area contributed by atoms with Crippen LogP contribution in [0, 0.1) is 16.0 Å². The molecule has 17 nitrogen and oxygen atoms in total. The van der Waals surface area contributed by atoms with Crippen molar-refractivity contribution in [3.63, 3.8) is 0 Å². The van der Waals surface area contributed by atoms with E-state index in [9.17, 15) is 66.3 Å². The molecule has 43 heavy (non-hydrogen) atoms. The SMILES string of the molecule is O=[N+]([O-])c1ccccc1.OCC1=C[C@H](N[C@H]2C[C@H](CO)[C@@H](O[C@@H]3O[C@H](CO)[C@@H](O)[C@H](O)[C@H]3O)[C@H](O)[C@H]2O)[C@H](O)[C@@H](O)[C@@H]1O. The lowest BCUT2D eigenvalue weighted by Gasteiger charge is -2.47. The molecule has 0 amide bonds. The van der Waals surface area contributed by atoms with E-state index in [0.29, 0.717) is 0 Å². The quantitative estimate of drug-likeness (QED) is 0.0734. The fourth-order valence-electron chi connectivity index (χ4n) is 5.32. The number of para-hydroxylation sites is 1. The highest BCUT2D eigenvalue weighted by molar-refractivity contribution is 5.28. The zero-order chi connectivity index (χ0) is 32.0. The summed E-state index contributed by atoms with van der Waals surface area (Å²) in [5.41, 5.74) is 0.196. The Morgan fingerprint density at radius 3 is 2.02 bits per heavy atom. The summed E-state index contributed by atoms with van der Waals surface area (Å²) in [5.74, 6) is -0.833. The number of aliphatic hydroxyl groups excluding tert-OH is 11. The van der Waals surface area contributed by atoms with Crippen molar-refractivity contribution in [3.05, 3.63) is 52.1 Å². The lowest BCUT2D eigenvalue weighted by atomic mass is 9.78. The molecular weight excluding hydrogens is 580 g/mol. The van der Waals surface area contributed by atoms with Gasteiger partial charge in [0.25, 0.3) is 5.69 Å². The van der Waals surface area contributed by atoms with Gasteiger partial charge >= 0.3 is 0 Å². The molecule has 14 atom stereocenters. The van der Waals surface area contributed by atoms with Gasteiger partial charge in [0, 0.05) is 30.7 Å². The summed E-state index contributed by atoms with van der Waals surface area (Å²) in [4.78, 5) is 9.59. The number of nitrogens with one attached hydrogen (secondary N) is 1. The number of ether oxygens (including phenoxy) is 2. The van der Waals surface area contributed by atoms with Crippen LogP contribution in [-0.2, 0) is 9.47 Å². The second-order valence-electron chi connectivity index (χ2n) is 10.7. The summed E-state index contributed by atoms with van der Waals surface area (Å²) in [6.45, 7) is -1.80. The van der Waals surface area contributed by atoms with Crippen molar-refractivity contribution in [2.24, 2.45) is 5.92 Å². The number of hydrogen-bond donors (Lipinski definition) is 12. The van der Waals surface area contributed by atoms with E-state index in [2.05, 4.69) is 5.32 Å². The predicted molar refractivity (Wildman–Crippen MR) is 143 cm³/mol. The molecule has 0 aromatic heterocycles. The molecule has 0 spiro atoms. The van der Waals surface area contributed by atoms with Crippen molar-refractivity contribution in [3.8, 4) is 0 Å². The Kier molecular flexibility index (Phi) is 12.9. The van der Waals surface area contributed by atoms with Gasteiger partial charge in [-0.05, 0) is 12.0 Å². The van der Waals surface area contributed by atoms with Gasteiger partial charge < -0.3 is 71.0 Å². The molecule has 0 radical (unpaired) electrons. The first-order valence-electron chi connectivity index (χ1n) is 13.6. The average molecular weight is 621 g/mol. The lowest BCUT2D eigenvalue weighted by molar-refractivity contribution is -0.384. The molecule has 1 aromatic rings. The van der Waals surface area contributed by atoms with Crippen LogP contribution in [0.4, 0.5) is 5.69 Å². The summed E-state index contributed by atoms with van der Waals surface area (Å²) in [6, 6.07) is 6.00. The molecular formula is C26H40N2O15. The van der Waals surface area contributed by atoms with Crippen LogP contribution in [0.1, 0.15) is 6.42 Å². The topological polar surface area (TPSA) is 296 Å². The molecule has 1 heterocycles. The molecule has 0 unspecified atom stereocenters. The van der Waals surface area contributed by atoms with E-state index in [4.69, 9.17) is 9.47 Å². The van der Waals surface area contributed by atoms with Crippen molar-refractivity contribution >= 4 is 5.69 Å². The number of aliphatic hydroxyl groups is 11. The minimum atomic E-state index is -1.75. The number of nitro benzene ring substituents is 1. The van der Waals surface area contributed by atoms with Gasteiger partial charge in [-0.25, -0.2) is 0 Å². The van der Waals surface area contributed by atoms with Crippen LogP contribution in [0.3, 0.4) is 0 Å². The number of nitrogens with zero attached hydrogens (tertiary/aromatic N) is 1. The molecule has 1 saturated heterocycles. The first-order valence-corrected chi connectivity index (χ1v) is 13.6. The van der Waals surface area contributed by atoms with Crippen LogP contribution >= 0.6 is 0 Å². The average Bonchev–Trinajstić information content (AvgIpc) is 3.01. The minimum absolute atomic E-state index is 0.0129. The summed E-state index contributed by atoms with van der Waals surface area (Å²) in [5, 5.41) is 123. The molecule has 0 bridgehead atoms. The summed E-state index contributed by atoms with van der Waals surface area (Å²) in [7, 11) is 0. The second kappa shape index (κ2) is 15.7. The summed E-state index contributed by atoms with van der Waals surface area (Å²) < 4.78 is 10.9. The van der Waals surface area contributed by atoms with E-state index >= 15 is 0 Å². The van der Waals surface area contributed by atoms with E-state index < -0.39 is 110 Å². The van der Waals surface area contributed by atoms with Gasteiger partial charge in [0.15, 0.2) is 6.29 Å². The van der Waals surface area contributed by atoms with Crippen molar-refractivity contribution in [1.82, 2.24) is 5.32 Å². The molecule has 1 saturated carbocycles. The zero-order valence-electron chi connectivity index (χ0n) is 22.9. The number of nitro groups is 1. The van der Waals surface area contributed by atoms with Crippen LogP contribution in [0.5, 0.6) is 0 Å². The number of benzene rings is 1. The van der Waals surface area contributed by atoms with Crippen molar-refractivity contribution in [2.75, 3.05) is 19.8 Å². The largest absolute Gasteiger partial charge is 0.396 e. The van der Waals surface area contributed by atoms with E-state index in [1.807, 2.05) is 0 Å². The Labute approximate surface area is 245 Å². The summed E-state index contributed by atoms with van der Waals surface area (Å²) >= 11 is 0. The third-order valence-corrected chi connectivity index (χ3v) is 7.87. The standard InChI is InChI=1S/C20H35NO13.C6H5NO2/c22-3-6-1-8(12(26)15(29)11(6)25)21-9-2-7(4-23)19(17(31)13(9)27)34-20-18(32)16(30)14(28)10(5-24)33-20;8-7(9)6-4-2-1-3-5-6/h1,7-32H,2-5H2;1-5H/t7-,8+,9+,10-,11-,12+,13+,14-,15+,16+,17-,18-,19-,20+;/m1./s1. The van der Waals surface area contributed by atoms with E-state index in [0.717, 1.165) is 0 Å². The highest BCUT2D eigenvalue weighted by Crippen LogP contribution is 2.33. The number of non-ortho nitro benzene ring substituents is 1.